The minimum atomic E-state index is -0.666. The van der Waals surface area contributed by atoms with Crippen molar-refractivity contribution in [2.45, 2.75) is 0 Å². The molecule has 18 heavy (non-hydrogen) atoms. The molecule has 0 saturated heterocycles. The Morgan fingerprint density at radius 3 is 2.33 bits per heavy atom. The van der Waals surface area contributed by atoms with Crippen molar-refractivity contribution >= 4 is 5.78 Å². The van der Waals surface area contributed by atoms with Crippen LogP contribution in [0.2, 0.25) is 0 Å². The lowest BCUT2D eigenvalue weighted by Gasteiger charge is -2.05. The lowest BCUT2D eigenvalue weighted by Crippen LogP contribution is -2.12. The van der Waals surface area contributed by atoms with Crippen molar-refractivity contribution in [1.82, 2.24) is 4.98 Å². The van der Waals surface area contributed by atoms with E-state index < -0.39 is 28.6 Å². The van der Waals surface area contributed by atoms with Crippen LogP contribution in [0.3, 0.4) is 0 Å². The zero-order valence-corrected chi connectivity index (χ0v) is 9.04. The van der Waals surface area contributed by atoms with E-state index in [2.05, 4.69) is 4.98 Å². The molecule has 4 N–H and O–H groups in total. The Balaban J connectivity index is 2.53. The molecule has 2 aromatic rings. The summed E-state index contributed by atoms with van der Waals surface area (Å²) in [7, 11) is 0. The van der Waals surface area contributed by atoms with Gasteiger partial charge in [-0.15, -0.1) is 0 Å². The van der Waals surface area contributed by atoms with E-state index in [0.29, 0.717) is 0 Å². The molecule has 1 heterocycles. The van der Waals surface area contributed by atoms with Gasteiger partial charge in [-0.3, -0.25) is 9.59 Å². The second-order valence-corrected chi connectivity index (χ2v) is 3.62. The number of carbonyl (C=O) groups excluding carboxylic acids is 1. The molecule has 0 saturated carbocycles. The van der Waals surface area contributed by atoms with Gasteiger partial charge >= 0.3 is 0 Å². The number of ketones is 1. The van der Waals surface area contributed by atoms with Gasteiger partial charge in [-0.2, -0.15) is 0 Å². The number of carbonyl (C=O) groups is 1. The van der Waals surface area contributed by atoms with Gasteiger partial charge in [-0.05, 0) is 12.1 Å². The summed E-state index contributed by atoms with van der Waals surface area (Å²) < 4.78 is 0. The fourth-order valence-corrected chi connectivity index (χ4v) is 1.47. The highest BCUT2D eigenvalue weighted by Crippen LogP contribution is 2.32. The van der Waals surface area contributed by atoms with Crippen LogP contribution in [0.15, 0.2) is 35.1 Å². The van der Waals surface area contributed by atoms with Gasteiger partial charge in [0.25, 0.3) is 0 Å². The number of aromatic nitrogens is 1. The summed E-state index contributed by atoms with van der Waals surface area (Å²) in [6, 6.07) is 5.78. The third-order valence-electron chi connectivity index (χ3n) is 2.35. The van der Waals surface area contributed by atoms with Crippen molar-refractivity contribution in [2.24, 2.45) is 0 Å². The van der Waals surface area contributed by atoms with Gasteiger partial charge in [0.05, 0.1) is 11.3 Å². The summed E-state index contributed by atoms with van der Waals surface area (Å²) in [5.74, 6) is -2.22. The highest BCUT2D eigenvalue weighted by Gasteiger charge is 2.17. The van der Waals surface area contributed by atoms with Crippen molar-refractivity contribution < 1.29 is 20.1 Å². The first-order chi connectivity index (χ1) is 8.49. The molecule has 0 unspecified atom stereocenters. The summed E-state index contributed by atoms with van der Waals surface area (Å²) in [6.07, 6.45) is 0. The molecule has 0 aliphatic heterocycles. The van der Waals surface area contributed by atoms with Crippen LogP contribution in [0.5, 0.6) is 17.2 Å². The first-order valence-corrected chi connectivity index (χ1v) is 4.98. The Hall–Kier alpha value is -2.76. The number of benzene rings is 1. The lowest BCUT2D eigenvalue weighted by molar-refractivity contribution is 0.103. The Morgan fingerprint density at radius 2 is 1.67 bits per heavy atom. The molecule has 0 aliphatic rings. The van der Waals surface area contributed by atoms with Crippen molar-refractivity contribution in [2.75, 3.05) is 0 Å². The van der Waals surface area contributed by atoms with E-state index in [9.17, 15) is 19.8 Å². The average Bonchev–Trinajstić information content (AvgIpc) is 2.33. The first kappa shape index (κ1) is 11.7. The molecule has 6 heteroatoms. The quantitative estimate of drug-likeness (QED) is 0.355. The summed E-state index contributed by atoms with van der Waals surface area (Å²) in [6.45, 7) is 0. The van der Waals surface area contributed by atoms with Gasteiger partial charge in [-0.1, -0.05) is 6.07 Å². The summed E-state index contributed by atoms with van der Waals surface area (Å²) in [5, 5.41) is 28.0. The lowest BCUT2D eigenvalue weighted by atomic mass is 10.1. The van der Waals surface area contributed by atoms with Crippen LogP contribution in [0.4, 0.5) is 0 Å². The number of nitrogens with one attached hydrogen (secondary N) is 1. The Kier molecular flexibility index (Phi) is 2.77. The number of aromatic amines is 1. The molecule has 2 rings (SSSR count). The normalized spacial score (nSPS) is 10.2. The topological polar surface area (TPSA) is 111 Å². The van der Waals surface area contributed by atoms with Gasteiger partial charge in [0.1, 0.15) is 5.75 Å². The summed E-state index contributed by atoms with van der Waals surface area (Å²) in [5.41, 5.74) is -0.696. The highest BCUT2D eigenvalue weighted by atomic mass is 16.3. The maximum Gasteiger partial charge on any atom is 0.248 e. The Bertz CT molecular complexity index is 674. The monoisotopic (exact) mass is 247 g/mol. The number of pyridine rings is 1. The fraction of sp³-hybridized carbons (Fsp3) is 0. The second-order valence-electron chi connectivity index (χ2n) is 3.62. The number of phenols is 3. The molecule has 0 radical (unpaired) electrons. The van der Waals surface area contributed by atoms with Crippen LogP contribution in [0, 0.1) is 0 Å². The number of phenolic OH excluding ortho intramolecular Hbond substituents is 3. The molecule has 1 aromatic heterocycles. The molecule has 0 spiro atoms. The van der Waals surface area contributed by atoms with E-state index >= 15 is 0 Å². The van der Waals surface area contributed by atoms with Gasteiger partial charge in [-0.25, -0.2) is 0 Å². The zero-order valence-electron chi connectivity index (χ0n) is 9.04. The van der Waals surface area contributed by atoms with Crippen LogP contribution in [0.1, 0.15) is 16.1 Å². The number of rotatable bonds is 2. The van der Waals surface area contributed by atoms with Gasteiger partial charge in [0.2, 0.25) is 11.3 Å². The number of hydrogen-bond acceptors (Lipinski definition) is 5. The predicted octanol–water partition coefficient (Wildman–Crippen LogP) is 0.723. The molecule has 0 bridgehead atoms. The standard InChI is InChI=1S/C12H9NO5/c14-8-5-10(16)9(15)4-6(8)12(18)7-2-1-3-11(17)13-7/h1-5,14-16H,(H,13,17). The summed E-state index contributed by atoms with van der Waals surface area (Å²) in [4.78, 5) is 25.3. The maximum absolute atomic E-state index is 12.0. The SMILES string of the molecule is O=C(c1cccc(=O)[nH]1)c1cc(O)c(O)cc1O. The van der Waals surface area contributed by atoms with Crippen molar-refractivity contribution in [3.63, 3.8) is 0 Å². The molecule has 1 aromatic carbocycles. The van der Waals surface area contributed by atoms with E-state index in [1.807, 2.05) is 0 Å². The highest BCUT2D eigenvalue weighted by molar-refractivity contribution is 6.09. The van der Waals surface area contributed by atoms with Crippen LogP contribution in [-0.4, -0.2) is 26.1 Å². The number of H-pyrrole nitrogens is 1. The van der Waals surface area contributed by atoms with Crippen LogP contribution in [-0.2, 0) is 0 Å². The first-order valence-electron chi connectivity index (χ1n) is 4.98. The zero-order chi connectivity index (χ0) is 13.3. The molecular weight excluding hydrogens is 238 g/mol. The van der Waals surface area contributed by atoms with Crippen molar-refractivity contribution in [3.05, 3.63) is 51.9 Å². The number of hydrogen-bond donors (Lipinski definition) is 4. The largest absolute Gasteiger partial charge is 0.507 e. The van der Waals surface area contributed by atoms with E-state index in [1.165, 1.54) is 18.2 Å². The van der Waals surface area contributed by atoms with Gasteiger partial charge < -0.3 is 20.3 Å². The van der Waals surface area contributed by atoms with E-state index in [-0.39, 0.29) is 11.3 Å². The molecule has 0 fully saturated rings. The maximum atomic E-state index is 12.0. The third kappa shape index (κ3) is 2.03. The van der Waals surface area contributed by atoms with E-state index in [1.54, 1.807) is 0 Å². The molecule has 0 aliphatic carbocycles. The molecule has 0 atom stereocenters. The van der Waals surface area contributed by atoms with Crippen molar-refractivity contribution in [1.29, 1.82) is 0 Å². The predicted molar refractivity (Wildman–Crippen MR) is 61.9 cm³/mol. The Labute approximate surface area is 101 Å². The molecule has 92 valence electrons. The van der Waals surface area contributed by atoms with Gasteiger partial charge in [0, 0.05) is 12.1 Å². The Morgan fingerprint density at radius 1 is 1.00 bits per heavy atom. The van der Waals surface area contributed by atoms with Crippen LogP contribution >= 0.6 is 0 Å². The third-order valence-corrected chi connectivity index (χ3v) is 2.35. The van der Waals surface area contributed by atoms with Crippen LogP contribution in [0.25, 0.3) is 0 Å². The fourth-order valence-electron chi connectivity index (χ4n) is 1.47. The van der Waals surface area contributed by atoms with E-state index in [4.69, 9.17) is 5.11 Å². The van der Waals surface area contributed by atoms with Crippen LogP contribution < -0.4 is 5.56 Å². The molecular formula is C12H9NO5. The number of aromatic hydroxyl groups is 3. The second kappa shape index (κ2) is 4.25. The van der Waals surface area contributed by atoms with Gasteiger partial charge in [0.15, 0.2) is 11.5 Å². The van der Waals surface area contributed by atoms with Crippen molar-refractivity contribution in [3.8, 4) is 17.2 Å². The average molecular weight is 247 g/mol. The van der Waals surface area contributed by atoms with E-state index in [0.717, 1.165) is 12.1 Å². The minimum Gasteiger partial charge on any atom is -0.507 e. The molecule has 0 amide bonds. The molecule has 6 nitrogen and oxygen atoms in total. The summed E-state index contributed by atoms with van der Waals surface area (Å²) >= 11 is 0. The smallest absolute Gasteiger partial charge is 0.248 e. The minimum absolute atomic E-state index is 0.0251.